The topological polar surface area (TPSA) is 44.9 Å². The van der Waals surface area contributed by atoms with E-state index in [9.17, 15) is 9.18 Å². The lowest BCUT2D eigenvalue weighted by Crippen LogP contribution is -2.14. The van der Waals surface area contributed by atoms with Gasteiger partial charge in [-0.2, -0.15) is 0 Å². The van der Waals surface area contributed by atoms with Gasteiger partial charge in [-0.1, -0.05) is 18.2 Å². The highest BCUT2D eigenvalue weighted by Gasteiger charge is 2.14. The summed E-state index contributed by atoms with van der Waals surface area (Å²) >= 11 is 3.23. The first kappa shape index (κ1) is 12.9. The largest absolute Gasteiger partial charge is 0.361 e. The summed E-state index contributed by atoms with van der Waals surface area (Å²) in [5.74, 6) is -0.838. The average molecular weight is 333 g/mol. The lowest BCUT2D eigenvalue weighted by Gasteiger charge is -2.09. The van der Waals surface area contributed by atoms with Gasteiger partial charge in [-0.25, -0.2) is 4.39 Å². The van der Waals surface area contributed by atoms with Gasteiger partial charge in [0, 0.05) is 16.1 Å². The van der Waals surface area contributed by atoms with Gasteiger partial charge in [0.1, 0.15) is 5.82 Å². The standard InChI is InChI=1S/C15H10BrFN2O/c16-11-5-2-6-12(17)14(11)19-15(20)10-4-1-3-9-7-8-18-13(9)10/h1-8,18H,(H,19,20). The summed E-state index contributed by atoms with van der Waals surface area (Å²) in [7, 11) is 0. The van der Waals surface area contributed by atoms with E-state index >= 15 is 0 Å². The molecule has 1 amide bonds. The molecule has 3 rings (SSSR count). The minimum Gasteiger partial charge on any atom is -0.361 e. The summed E-state index contributed by atoms with van der Waals surface area (Å²) in [6.45, 7) is 0. The van der Waals surface area contributed by atoms with Crippen LogP contribution in [0.2, 0.25) is 0 Å². The van der Waals surface area contributed by atoms with E-state index in [1.807, 2.05) is 12.1 Å². The average Bonchev–Trinajstić information content (AvgIpc) is 2.91. The SMILES string of the molecule is O=C(Nc1c(F)cccc1Br)c1cccc2cc[nH]c12. The van der Waals surface area contributed by atoms with Gasteiger partial charge in [-0.15, -0.1) is 0 Å². The molecular weight excluding hydrogens is 323 g/mol. The van der Waals surface area contributed by atoms with Gasteiger partial charge >= 0.3 is 0 Å². The molecule has 100 valence electrons. The summed E-state index contributed by atoms with van der Waals surface area (Å²) in [5.41, 5.74) is 1.35. The molecule has 0 spiro atoms. The lowest BCUT2D eigenvalue weighted by atomic mass is 10.1. The molecule has 20 heavy (non-hydrogen) atoms. The molecule has 2 N–H and O–H groups in total. The van der Waals surface area contributed by atoms with E-state index < -0.39 is 5.82 Å². The zero-order valence-corrected chi connectivity index (χ0v) is 11.9. The molecule has 0 atom stereocenters. The maximum absolute atomic E-state index is 13.7. The predicted molar refractivity (Wildman–Crippen MR) is 80.4 cm³/mol. The summed E-state index contributed by atoms with van der Waals surface area (Å²) in [6, 6.07) is 11.8. The van der Waals surface area contributed by atoms with Crippen molar-refractivity contribution < 1.29 is 9.18 Å². The first-order chi connectivity index (χ1) is 9.66. The van der Waals surface area contributed by atoms with Crippen molar-refractivity contribution in [3.05, 3.63) is 64.5 Å². The number of amides is 1. The van der Waals surface area contributed by atoms with E-state index in [1.54, 1.807) is 30.5 Å². The highest BCUT2D eigenvalue weighted by molar-refractivity contribution is 9.10. The van der Waals surface area contributed by atoms with Crippen LogP contribution in [0, 0.1) is 5.82 Å². The highest BCUT2D eigenvalue weighted by Crippen LogP contribution is 2.26. The fourth-order valence-electron chi connectivity index (χ4n) is 2.07. The van der Waals surface area contributed by atoms with Crippen molar-refractivity contribution in [2.75, 3.05) is 5.32 Å². The smallest absolute Gasteiger partial charge is 0.257 e. The van der Waals surface area contributed by atoms with Crippen LogP contribution in [0.1, 0.15) is 10.4 Å². The number of H-pyrrole nitrogens is 1. The maximum atomic E-state index is 13.7. The van der Waals surface area contributed by atoms with Gasteiger partial charge in [-0.05, 0) is 40.2 Å². The van der Waals surface area contributed by atoms with Crippen LogP contribution in [-0.4, -0.2) is 10.9 Å². The normalized spacial score (nSPS) is 10.7. The quantitative estimate of drug-likeness (QED) is 0.721. The Balaban J connectivity index is 2.00. The first-order valence-corrected chi connectivity index (χ1v) is 6.77. The first-order valence-electron chi connectivity index (χ1n) is 5.98. The summed E-state index contributed by atoms with van der Waals surface area (Å²) < 4.78 is 14.2. The van der Waals surface area contributed by atoms with Crippen LogP contribution in [0.25, 0.3) is 10.9 Å². The number of para-hydroxylation sites is 2. The van der Waals surface area contributed by atoms with Crippen LogP contribution < -0.4 is 5.32 Å². The number of carbonyl (C=O) groups is 1. The van der Waals surface area contributed by atoms with E-state index in [1.165, 1.54) is 6.07 Å². The molecule has 0 fully saturated rings. The van der Waals surface area contributed by atoms with Gasteiger partial charge in [0.25, 0.3) is 5.91 Å². The minimum absolute atomic E-state index is 0.140. The molecule has 3 aromatic rings. The molecule has 0 aliphatic heterocycles. The van der Waals surface area contributed by atoms with E-state index in [-0.39, 0.29) is 11.6 Å². The Hall–Kier alpha value is -2.14. The van der Waals surface area contributed by atoms with Crippen molar-refractivity contribution in [1.29, 1.82) is 0 Å². The number of carbonyl (C=O) groups excluding carboxylic acids is 1. The third-order valence-corrected chi connectivity index (χ3v) is 3.69. The number of nitrogens with one attached hydrogen (secondary N) is 2. The molecule has 2 aromatic carbocycles. The van der Waals surface area contributed by atoms with Crippen LogP contribution in [0.15, 0.2) is 53.1 Å². The second kappa shape index (κ2) is 5.09. The molecule has 0 bridgehead atoms. The number of hydrogen-bond donors (Lipinski definition) is 2. The molecule has 0 aliphatic carbocycles. The van der Waals surface area contributed by atoms with Crippen LogP contribution in [-0.2, 0) is 0 Å². The van der Waals surface area contributed by atoms with E-state index in [0.717, 1.165) is 10.9 Å². The van der Waals surface area contributed by atoms with Crippen molar-refractivity contribution in [2.45, 2.75) is 0 Å². The lowest BCUT2D eigenvalue weighted by molar-refractivity contribution is 0.102. The number of anilines is 1. The molecule has 0 aliphatic rings. The number of halogens is 2. The minimum atomic E-state index is -0.480. The van der Waals surface area contributed by atoms with Crippen molar-refractivity contribution in [3.8, 4) is 0 Å². The van der Waals surface area contributed by atoms with E-state index in [2.05, 4.69) is 26.2 Å². The molecule has 1 heterocycles. The fraction of sp³-hybridized carbons (Fsp3) is 0. The van der Waals surface area contributed by atoms with Crippen molar-refractivity contribution >= 4 is 38.4 Å². The zero-order valence-electron chi connectivity index (χ0n) is 10.3. The van der Waals surface area contributed by atoms with E-state index in [0.29, 0.717) is 10.0 Å². The molecule has 0 saturated heterocycles. The van der Waals surface area contributed by atoms with Crippen molar-refractivity contribution in [1.82, 2.24) is 4.98 Å². The molecule has 0 radical (unpaired) electrons. The van der Waals surface area contributed by atoms with Crippen molar-refractivity contribution in [3.63, 3.8) is 0 Å². The summed E-state index contributed by atoms with van der Waals surface area (Å²) in [5, 5.41) is 3.53. The van der Waals surface area contributed by atoms with Gasteiger partial charge in [0.2, 0.25) is 0 Å². The molecular formula is C15H10BrFN2O. The van der Waals surface area contributed by atoms with Crippen LogP contribution in [0.5, 0.6) is 0 Å². The second-order valence-electron chi connectivity index (χ2n) is 4.30. The Morgan fingerprint density at radius 1 is 1.15 bits per heavy atom. The van der Waals surface area contributed by atoms with Gasteiger partial charge in [0.15, 0.2) is 0 Å². The predicted octanol–water partition coefficient (Wildman–Crippen LogP) is 4.32. The number of aromatic amines is 1. The molecule has 1 aromatic heterocycles. The fourth-order valence-corrected chi connectivity index (χ4v) is 2.51. The van der Waals surface area contributed by atoms with Crippen LogP contribution >= 0.6 is 15.9 Å². The molecule has 3 nitrogen and oxygen atoms in total. The maximum Gasteiger partial charge on any atom is 0.257 e. The van der Waals surface area contributed by atoms with Crippen LogP contribution in [0.4, 0.5) is 10.1 Å². The zero-order chi connectivity index (χ0) is 14.1. The summed E-state index contributed by atoms with van der Waals surface area (Å²) in [6.07, 6.45) is 1.76. The number of fused-ring (bicyclic) bond motifs is 1. The highest BCUT2D eigenvalue weighted by atomic mass is 79.9. The molecule has 0 unspecified atom stereocenters. The Morgan fingerprint density at radius 2 is 1.95 bits per heavy atom. The Kier molecular flexibility index (Phi) is 3.28. The number of rotatable bonds is 2. The molecule has 5 heteroatoms. The van der Waals surface area contributed by atoms with Crippen molar-refractivity contribution in [2.24, 2.45) is 0 Å². The number of benzene rings is 2. The van der Waals surface area contributed by atoms with Gasteiger partial charge in [0.05, 0.1) is 16.8 Å². The summed E-state index contributed by atoms with van der Waals surface area (Å²) in [4.78, 5) is 15.3. The van der Waals surface area contributed by atoms with Gasteiger partial charge < -0.3 is 10.3 Å². The number of hydrogen-bond acceptors (Lipinski definition) is 1. The number of aromatic nitrogens is 1. The monoisotopic (exact) mass is 332 g/mol. The third-order valence-electron chi connectivity index (χ3n) is 3.03. The van der Waals surface area contributed by atoms with Gasteiger partial charge in [-0.3, -0.25) is 4.79 Å². The molecule has 0 saturated carbocycles. The third kappa shape index (κ3) is 2.20. The Labute approximate surface area is 122 Å². The van der Waals surface area contributed by atoms with Crippen LogP contribution in [0.3, 0.4) is 0 Å². The Bertz CT molecular complexity index is 777. The Morgan fingerprint density at radius 3 is 2.75 bits per heavy atom. The van der Waals surface area contributed by atoms with E-state index in [4.69, 9.17) is 0 Å². The second-order valence-corrected chi connectivity index (χ2v) is 5.15.